The van der Waals surface area contributed by atoms with Crippen LogP contribution in [-0.2, 0) is 6.54 Å². The van der Waals surface area contributed by atoms with Crippen LogP contribution in [0.5, 0.6) is 0 Å². The van der Waals surface area contributed by atoms with Gasteiger partial charge in [-0.25, -0.2) is 4.79 Å². The molecule has 1 aliphatic carbocycles. The van der Waals surface area contributed by atoms with E-state index in [2.05, 4.69) is 26.1 Å². The highest BCUT2D eigenvalue weighted by Crippen LogP contribution is 2.29. The van der Waals surface area contributed by atoms with Crippen molar-refractivity contribution in [2.75, 3.05) is 32.7 Å². The average Bonchev–Trinajstić information content (AvgIpc) is 3.18. The van der Waals surface area contributed by atoms with Crippen molar-refractivity contribution in [2.24, 2.45) is 5.92 Å². The Morgan fingerprint density at radius 2 is 2.09 bits per heavy atom. The summed E-state index contributed by atoms with van der Waals surface area (Å²) in [5, 5.41) is 7.61. The number of urea groups is 1. The number of aromatic nitrogens is 2. The van der Waals surface area contributed by atoms with E-state index in [0.717, 1.165) is 44.9 Å². The van der Waals surface area contributed by atoms with E-state index in [1.165, 1.54) is 31.5 Å². The highest BCUT2D eigenvalue weighted by Gasteiger charge is 2.29. The summed E-state index contributed by atoms with van der Waals surface area (Å²) < 4.78 is 2.11. The zero-order valence-corrected chi connectivity index (χ0v) is 13.8. The van der Waals surface area contributed by atoms with Gasteiger partial charge in [-0.05, 0) is 37.7 Å². The molecule has 23 heavy (non-hydrogen) atoms. The zero-order valence-electron chi connectivity index (χ0n) is 13.8. The van der Waals surface area contributed by atoms with E-state index in [4.69, 9.17) is 0 Å². The van der Waals surface area contributed by atoms with Gasteiger partial charge in [-0.15, -0.1) is 0 Å². The number of carbonyl (C=O) groups excluding carboxylic acids is 1. The van der Waals surface area contributed by atoms with Gasteiger partial charge < -0.3 is 10.2 Å². The fourth-order valence-corrected chi connectivity index (χ4v) is 4.03. The van der Waals surface area contributed by atoms with E-state index in [1.54, 1.807) is 0 Å². The summed E-state index contributed by atoms with van der Waals surface area (Å²) in [5.74, 6) is 0.879. The molecule has 2 amide bonds. The van der Waals surface area contributed by atoms with Crippen LogP contribution in [-0.4, -0.2) is 58.3 Å². The van der Waals surface area contributed by atoms with Crippen LogP contribution in [0.3, 0.4) is 0 Å². The van der Waals surface area contributed by atoms with Gasteiger partial charge in [0.05, 0.1) is 11.7 Å². The van der Waals surface area contributed by atoms with Gasteiger partial charge in [-0.1, -0.05) is 6.42 Å². The van der Waals surface area contributed by atoms with Crippen LogP contribution in [0.1, 0.15) is 43.8 Å². The van der Waals surface area contributed by atoms with E-state index in [0.29, 0.717) is 6.54 Å². The van der Waals surface area contributed by atoms with Gasteiger partial charge in [-0.2, -0.15) is 5.10 Å². The van der Waals surface area contributed by atoms with Crippen LogP contribution in [0.25, 0.3) is 0 Å². The minimum Gasteiger partial charge on any atom is -0.336 e. The van der Waals surface area contributed by atoms with E-state index in [9.17, 15) is 4.79 Å². The topological polar surface area (TPSA) is 53.4 Å². The number of amides is 2. The van der Waals surface area contributed by atoms with Crippen molar-refractivity contribution in [3.05, 3.63) is 18.0 Å². The number of nitrogens with one attached hydrogen (secondary N) is 1. The van der Waals surface area contributed by atoms with Crippen molar-refractivity contribution in [3.63, 3.8) is 0 Å². The molecule has 0 radical (unpaired) electrons. The molecule has 126 valence electrons. The molecule has 1 aromatic heterocycles. The Morgan fingerprint density at radius 1 is 1.26 bits per heavy atom. The summed E-state index contributed by atoms with van der Waals surface area (Å²) >= 11 is 0. The van der Waals surface area contributed by atoms with Gasteiger partial charge in [0.2, 0.25) is 0 Å². The van der Waals surface area contributed by atoms with E-state index in [-0.39, 0.29) is 12.1 Å². The maximum absolute atomic E-state index is 12.2. The molecule has 6 heteroatoms. The van der Waals surface area contributed by atoms with Gasteiger partial charge in [0.1, 0.15) is 0 Å². The maximum Gasteiger partial charge on any atom is 0.317 e. The molecule has 4 rings (SSSR count). The van der Waals surface area contributed by atoms with Gasteiger partial charge in [0.15, 0.2) is 0 Å². The lowest BCUT2D eigenvalue weighted by Gasteiger charge is -2.38. The molecule has 0 aromatic carbocycles. The SMILES string of the molecule is O=C(NC[C@H]1CN(CC2CCC2)Cc2ccnn21)N1CCCC1. The molecule has 1 saturated carbocycles. The second-order valence-corrected chi connectivity index (χ2v) is 7.29. The summed E-state index contributed by atoms with van der Waals surface area (Å²) in [7, 11) is 0. The normalized spacial score (nSPS) is 25.2. The van der Waals surface area contributed by atoms with E-state index < -0.39 is 0 Å². The predicted octanol–water partition coefficient (Wildman–Crippen LogP) is 1.85. The Labute approximate surface area is 137 Å². The second kappa shape index (κ2) is 6.51. The Morgan fingerprint density at radius 3 is 2.83 bits per heavy atom. The number of fused-ring (bicyclic) bond motifs is 1. The smallest absolute Gasteiger partial charge is 0.317 e. The van der Waals surface area contributed by atoms with Crippen molar-refractivity contribution < 1.29 is 4.79 Å². The summed E-state index contributed by atoms with van der Waals surface area (Å²) in [5.41, 5.74) is 1.27. The van der Waals surface area contributed by atoms with E-state index in [1.807, 2.05) is 11.1 Å². The number of hydrogen-bond donors (Lipinski definition) is 1. The third-order valence-corrected chi connectivity index (χ3v) is 5.58. The van der Waals surface area contributed by atoms with Crippen LogP contribution in [0, 0.1) is 5.92 Å². The van der Waals surface area contributed by atoms with Crippen molar-refractivity contribution in [3.8, 4) is 0 Å². The largest absolute Gasteiger partial charge is 0.336 e. The molecule has 0 bridgehead atoms. The molecule has 2 aliphatic heterocycles. The van der Waals surface area contributed by atoms with Gasteiger partial charge in [-0.3, -0.25) is 9.58 Å². The molecule has 1 aromatic rings. The molecular weight excluding hydrogens is 290 g/mol. The van der Waals surface area contributed by atoms with Gasteiger partial charge >= 0.3 is 6.03 Å². The first kappa shape index (κ1) is 15.0. The number of nitrogens with zero attached hydrogens (tertiary/aromatic N) is 4. The Balaban J connectivity index is 1.36. The van der Waals surface area contributed by atoms with Crippen LogP contribution in [0.2, 0.25) is 0 Å². The van der Waals surface area contributed by atoms with Gasteiger partial charge in [0.25, 0.3) is 0 Å². The predicted molar refractivity (Wildman–Crippen MR) is 88.1 cm³/mol. The number of carbonyl (C=O) groups is 1. The maximum atomic E-state index is 12.2. The Bertz CT molecular complexity index is 547. The lowest BCUT2D eigenvalue weighted by Crippen LogP contribution is -2.47. The summed E-state index contributed by atoms with van der Waals surface area (Å²) in [6.45, 7) is 5.65. The minimum atomic E-state index is 0.0901. The van der Waals surface area contributed by atoms with Crippen LogP contribution in [0.15, 0.2) is 12.3 Å². The summed E-state index contributed by atoms with van der Waals surface area (Å²) in [4.78, 5) is 16.7. The average molecular weight is 317 g/mol. The first-order valence-electron chi connectivity index (χ1n) is 9.07. The quantitative estimate of drug-likeness (QED) is 0.922. The van der Waals surface area contributed by atoms with Crippen molar-refractivity contribution in [2.45, 2.75) is 44.7 Å². The van der Waals surface area contributed by atoms with Crippen molar-refractivity contribution in [1.29, 1.82) is 0 Å². The molecule has 2 fully saturated rings. The lowest BCUT2D eigenvalue weighted by atomic mass is 9.85. The standard InChI is InChI=1S/C17H27N5O/c23-17(21-8-1-2-9-21)18-10-16-13-20(11-14-4-3-5-14)12-15-6-7-19-22(15)16/h6-7,14,16H,1-5,8-13H2,(H,18,23)/t16-/m0/s1. The molecule has 0 unspecified atom stereocenters. The molecule has 0 spiro atoms. The van der Waals surface area contributed by atoms with Crippen LogP contribution < -0.4 is 5.32 Å². The van der Waals surface area contributed by atoms with E-state index >= 15 is 0 Å². The highest BCUT2D eigenvalue weighted by molar-refractivity contribution is 5.74. The molecule has 1 saturated heterocycles. The molecule has 6 nitrogen and oxygen atoms in total. The second-order valence-electron chi connectivity index (χ2n) is 7.29. The molecule has 3 heterocycles. The van der Waals surface area contributed by atoms with Crippen LogP contribution >= 0.6 is 0 Å². The molecule has 1 N–H and O–H groups in total. The molecule has 1 atom stereocenters. The number of rotatable bonds is 4. The van der Waals surface area contributed by atoms with Gasteiger partial charge in [0, 0.05) is 45.5 Å². The van der Waals surface area contributed by atoms with Crippen molar-refractivity contribution >= 4 is 6.03 Å². The third kappa shape index (κ3) is 3.22. The summed E-state index contributed by atoms with van der Waals surface area (Å²) in [6.07, 6.45) is 8.31. The number of likely N-dealkylation sites (tertiary alicyclic amines) is 1. The van der Waals surface area contributed by atoms with Crippen molar-refractivity contribution in [1.82, 2.24) is 24.9 Å². The minimum absolute atomic E-state index is 0.0901. The summed E-state index contributed by atoms with van der Waals surface area (Å²) in [6, 6.07) is 2.45. The zero-order chi connectivity index (χ0) is 15.6. The monoisotopic (exact) mass is 317 g/mol. The Hall–Kier alpha value is -1.56. The first-order chi connectivity index (χ1) is 11.3. The molecular formula is C17H27N5O. The third-order valence-electron chi connectivity index (χ3n) is 5.58. The fourth-order valence-electron chi connectivity index (χ4n) is 4.03. The highest BCUT2D eigenvalue weighted by atomic mass is 16.2. The van der Waals surface area contributed by atoms with Crippen LogP contribution in [0.4, 0.5) is 4.79 Å². The first-order valence-corrected chi connectivity index (χ1v) is 9.07. The lowest BCUT2D eigenvalue weighted by molar-refractivity contribution is 0.122. The Kier molecular flexibility index (Phi) is 4.25. The number of hydrogen-bond acceptors (Lipinski definition) is 3. The molecule has 3 aliphatic rings. The fraction of sp³-hybridized carbons (Fsp3) is 0.765.